The van der Waals surface area contributed by atoms with Crippen molar-refractivity contribution in [3.05, 3.63) is 34.2 Å². The molecule has 1 aliphatic rings. The van der Waals surface area contributed by atoms with Crippen molar-refractivity contribution < 1.29 is 52.4 Å². The van der Waals surface area contributed by atoms with Crippen LogP contribution in [0.25, 0.3) is 11.0 Å². The second kappa shape index (κ2) is 11.6. The third-order valence-electron chi connectivity index (χ3n) is 5.18. The molecule has 13 heteroatoms. The number of rotatable bonds is 7. The normalized spacial score (nSPS) is 23.2. The average Bonchev–Trinajstić information content (AvgIpc) is 2.78. The lowest BCUT2D eigenvalue weighted by Crippen LogP contribution is -2.61. The summed E-state index contributed by atoms with van der Waals surface area (Å²) in [6, 6.07) is 4.86. The van der Waals surface area contributed by atoms with E-state index in [1.807, 2.05) is 0 Å². The molecular formula is C24H26O12S. The van der Waals surface area contributed by atoms with Crippen molar-refractivity contribution in [1.29, 1.82) is 0 Å². The monoisotopic (exact) mass is 538 g/mol. The Balaban J connectivity index is 2.10. The molecule has 2 heterocycles. The summed E-state index contributed by atoms with van der Waals surface area (Å²) in [5.74, 6) is -3.41. The number of esters is 4. The Morgan fingerprint density at radius 2 is 1.51 bits per heavy atom. The first-order valence-electron chi connectivity index (χ1n) is 11.1. The number of carbonyl (C=O) groups excluding carboxylic acids is 4. The molecule has 0 spiro atoms. The van der Waals surface area contributed by atoms with E-state index < -0.39 is 71.7 Å². The van der Waals surface area contributed by atoms with Crippen LogP contribution in [-0.4, -0.2) is 65.4 Å². The van der Waals surface area contributed by atoms with Gasteiger partial charge in [-0.25, -0.2) is 4.79 Å². The first-order valence-corrected chi connectivity index (χ1v) is 12.0. The maximum Gasteiger partial charge on any atom is 0.353 e. The molecule has 1 fully saturated rings. The summed E-state index contributed by atoms with van der Waals surface area (Å²) in [6.45, 7) is 5.82. The highest BCUT2D eigenvalue weighted by atomic mass is 32.2. The molecule has 0 bridgehead atoms. The van der Waals surface area contributed by atoms with E-state index in [-0.39, 0.29) is 15.9 Å². The van der Waals surface area contributed by atoms with Crippen molar-refractivity contribution in [1.82, 2.24) is 0 Å². The smallest absolute Gasteiger partial charge is 0.353 e. The van der Waals surface area contributed by atoms with E-state index in [0.29, 0.717) is 11.8 Å². The van der Waals surface area contributed by atoms with Gasteiger partial charge in [-0.2, -0.15) is 0 Å². The van der Waals surface area contributed by atoms with Crippen LogP contribution in [0.1, 0.15) is 33.3 Å². The van der Waals surface area contributed by atoms with Gasteiger partial charge in [0.1, 0.15) is 34.4 Å². The topological polar surface area (TPSA) is 165 Å². The zero-order valence-electron chi connectivity index (χ0n) is 20.7. The third-order valence-corrected chi connectivity index (χ3v) is 6.38. The molecule has 0 amide bonds. The molecule has 2 aromatic rings. The average molecular weight is 539 g/mol. The highest BCUT2D eigenvalue weighted by molar-refractivity contribution is 8.00. The Morgan fingerprint density at radius 1 is 0.919 bits per heavy atom. The second-order valence-corrected chi connectivity index (χ2v) is 9.36. The van der Waals surface area contributed by atoms with Crippen molar-refractivity contribution in [2.75, 3.05) is 6.61 Å². The van der Waals surface area contributed by atoms with E-state index in [1.54, 1.807) is 19.1 Å². The van der Waals surface area contributed by atoms with Crippen LogP contribution < -0.4 is 5.63 Å². The first-order chi connectivity index (χ1) is 17.4. The maximum absolute atomic E-state index is 12.8. The summed E-state index contributed by atoms with van der Waals surface area (Å²) in [6.07, 6.45) is -5.35. The minimum Gasteiger partial charge on any atom is -0.506 e. The predicted octanol–water partition coefficient (Wildman–Crippen LogP) is 1.98. The van der Waals surface area contributed by atoms with Gasteiger partial charge < -0.3 is 33.2 Å². The van der Waals surface area contributed by atoms with Crippen LogP contribution in [0.3, 0.4) is 0 Å². The number of ether oxygens (including phenoxy) is 5. The Kier molecular flexibility index (Phi) is 8.81. The standard InChI is InChI=1S/C24H26O12S/c1-10-6-7-16-15(8-10)18(29)22(23(30)35-16)37-24-21(34-14(5)28)20(33-13(4)27)19(32-12(3)26)17(36-24)9-31-11(2)25/h6-8,17,19-21,24,29H,9H2,1-5H3/t17-,19-,20-,21-,24+/m1/s1. The highest BCUT2D eigenvalue weighted by Crippen LogP contribution is 2.41. The van der Waals surface area contributed by atoms with E-state index >= 15 is 0 Å². The Hall–Kier alpha value is -3.58. The molecule has 0 saturated carbocycles. The van der Waals surface area contributed by atoms with Gasteiger partial charge in [-0.05, 0) is 19.1 Å². The molecule has 3 rings (SSSR count). The van der Waals surface area contributed by atoms with E-state index in [2.05, 4.69) is 0 Å². The van der Waals surface area contributed by atoms with Gasteiger partial charge in [0, 0.05) is 27.7 Å². The SMILES string of the molecule is CC(=O)OC[C@H]1O[C@@H](Sc2c(O)c3cc(C)ccc3oc2=O)[C@H](OC(C)=O)[C@H](OC(C)=O)[C@@H]1OC(C)=O. The Morgan fingerprint density at radius 3 is 2.11 bits per heavy atom. The summed E-state index contributed by atoms with van der Waals surface area (Å²) >= 11 is 0.650. The van der Waals surface area contributed by atoms with Crippen molar-refractivity contribution in [3.8, 4) is 5.75 Å². The van der Waals surface area contributed by atoms with Crippen molar-refractivity contribution in [2.24, 2.45) is 0 Å². The van der Waals surface area contributed by atoms with Crippen molar-refractivity contribution in [2.45, 2.75) is 69.4 Å². The number of fused-ring (bicyclic) bond motifs is 1. The third kappa shape index (κ3) is 6.80. The van der Waals surface area contributed by atoms with Gasteiger partial charge in [0.2, 0.25) is 0 Å². The summed E-state index contributed by atoms with van der Waals surface area (Å²) in [5, 5.41) is 11.2. The highest BCUT2D eigenvalue weighted by Gasteiger charge is 2.52. The van der Waals surface area contributed by atoms with Crippen molar-refractivity contribution >= 4 is 46.6 Å². The Labute approximate surface area is 215 Å². The van der Waals surface area contributed by atoms with E-state index in [4.69, 9.17) is 28.1 Å². The fourth-order valence-electron chi connectivity index (χ4n) is 3.79. The zero-order chi connectivity index (χ0) is 27.4. The van der Waals surface area contributed by atoms with Crippen LogP contribution >= 0.6 is 11.8 Å². The molecule has 1 aromatic carbocycles. The lowest BCUT2D eigenvalue weighted by molar-refractivity contribution is -0.237. The van der Waals surface area contributed by atoms with Crippen LogP contribution in [-0.2, 0) is 42.9 Å². The van der Waals surface area contributed by atoms with Crippen LogP contribution in [0.2, 0.25) is 0 Å². The summed E-state index contributed by atoms with van der Waals surface area (Å²) in [5.41, 5.74) is -1.25. The number of aromatic hydroxyl groups is 1. The number of carbonyl (C=O) groups is 4. The molecular weight excluding hydrogens is 512 g/mol. The number of hydrogen-bond donors (Lipinski definition) is 1. The van der Waals surface area contributed by atoms with E-state index in [9.17, 15) is 29.1 Å². The van der Waals surface area contributed by atoms with Crippen molar-refractivity contribution in [3.63, 3.8) is 0 Å². The molecule has 37 heavy (non-hydrogen) atoms. The fraction of sp³-hybridized carbons (Fsp3) is 0.458. The van der Waals surface area contributed by atoms with Gasteiger partial charge in [0.15, 0.2) is 18.3 Å². The molecule has 0 aliphatic carbocycles. The van der Waals surface area contributed by atoms with Gasteiger partial charge in [0.05, 0.1) is 5.39 Å². The maximum atomic E-state index is 12.8. The summed E-state index contributed by atoms with van der Waals surface area (Å²) < 4.78 is 32.4. The quantitative estimate of drug-likeness (QED) is 0.309. The predicted molar refractivity (Wildman–Crippen MR) is 127 cm³/mol. The number of benzene rings is 1. The molecule has 200 valence electrons. The van der Waals surface area contributed by atoms with Gasteiger partial charge in [-0.3, -0.25) is 19.2 Å². The molecule has 5 atom stereocenters. The molecule has 0 unspecified atom stereocenters. The minimum atomic E-state index is -1.41. The fourth-order valence-corrected chi connectivity index (χ4v) is 4.92. The Bertz CT molecular complexity index is 1270. The van der Waals surface area contributed by atoms with Gasteiger partial charge in [-0.15, -0.1) is 0 Å². The number of hydrogen-bond acceptors (Lipinski definition) is 13. The summed E-state index contributed by atoms with van der Waals surface area (Å²) in [4.78, 5) is 59.8. The van der Waals surface area contributed by atoms with Gasteiger partial charge in [0.25, 0.3) is 0 Å². The lowest BCUT2D eigenvalue weighted by Gasteiger charge is -2.44. The van der Waals surface area contributed by atoms with Crippen LogP contribution in [0, 0.1) is 6.92 Å². The van der Waals surface area contributed by atoms with E-state index in [0.717, 1.165) is 33.3 Å². The largest absolute Gasteiger partial charge is 0.506 e. The first kappa shape index (κ1) is 28.0. The second-order valence-electron chi connectivity index (χ2n) is 8.25. The molecule has 1 aromatic heterocycles. The zero-order valence-corrected chi connectivity index (χ0v) is 21.5. The van der Waals surface area contributed by atoms with Gasteiger partial charge in [-0.1, -0.05) is 23.4 Å². The molecule has 12 nitrogen and oxygen atoms in total. The summed E-state index contributed by atoms with van der Waals surface area (Å²) in [7, 11) is 0. The molecule has 1 saturated heterocycles. The van der Waals surface area contributed by atoms with E-state index in [1.165, 1.54) is 6.07 Å². The molecule has 0 radical (unpaired) electrons. The lowest BCUT2D eigenvalue weighted by atomic mass is 9.99. The molecule has 1 aliphatic heterocycles. The molecule has 1 N–H and O–H groups in total. The van der Waals surface area contributed by atoms with Gasteiger partial charge >= 0.3 is 29.5 Å². The minimum absolute atomic E-state index is 0.152. The van der Waals surface area contributed by atoms with Crippen LogP contribution in [0.15, 0.2) is 32.3 Å². The number of aryl methyl sites for hydroxylation is 1. The van der Waals surface area contributed by atoms with Crippen LogP contribution in [0.4, 0.5) is 0 Å². The van der Waals surface area contributed by atoms with Crippen LogP contribution in [0.5, 0.6) is 5.75 Å². The number of thioether (sulfide) groups is 1.